The van der Waals surface area contributed by atoms with Crippen LogP contribution < -0.4 is 5.32 Å². The van der Waals surface area contributed by atoms with Crippen LogP contribution in [-0.2, 0) is 0 Å². The van der Waals surface area contributed by atoms with Gasteiger partial charge in [-0.05, 0) is 31.4 Å². The minimum absolute atomic E-state index is 0.769. The fraction of sp³-hybridized carbons (Fsp3) is 0.100. The first-order chi connectivity index (χ1) is 11.7. The number of aromatic nitrogens is 3. The molecule has 4 heteroatoms. The number of nitrogens with one attached hydrogen (secondary N) is 2. The molecule has 0 spiro atoms. The van der Waals surface area contributed by atoms with Gasteiger partial charge in [0.2, 0.25) is 0 Å². The van der Waals surface area contributed by atoms with Crippen molar-refractivity contribution in [3.8, 4) is 11.3 Å². The summed E-state index contributed by atoms with van der Waals surface area (Å²) in [6.45, 7) is 4.07. The summed E-state index contributed by atoms with van der Waals surface area (Å²) in [4.78, 5) is 4.85. The van der Waals surface area contributed by atoms with E-state index in [0.717, 1.165) is 39.4 Å². The maximum Gasteiger partial charge on any atom is 0.153 e. The zero-order valence-electron chi connectivity index (χ0n) is 13.7. The molecule has 0 aliphatic rings. The Bertz CT molecular complexity index is 1020. The minimum atomic E-state index is 0.769. The molecule has 118 valence electrons. The molecule has 0 saturated heterocycles. The van der Waals surface area contributed by atoms with Gasteiger partial charge in [-0.3, -0.25) is 5.10 Å². The Morgan fingerprint density at radius 2 is 1.75 bits per heavy atom. The summed E-state index contributed by atoms with van der Waals surface area (Å²) in [5.74, 6) is 1.56. The molecule has 0 fully saturated rings. The lowest BCUT2D eigenvalue weighted by molar-refractivity contribution is 1.05. The number of hydrogen-bond acceptors (Lipinski definition) is 3. The van der Waals surface area contributed by atoms with Gasteiger partial charge in [0.05, 0.1) is 5.69 Å². The largest absolute Gasteiger partial charge is 0.323 e. The monoisotopic (exact) mass is 314 g/mol. The average Bonchev–Trinajstić information content (AvgIpc) is 2.99. The van der Waals surface area contributed by atoms with Crippen molar-refractivity contribution in [1.82, 2.24) is 15.2 Å². The van der Waals surface area contributed by atoms with Gasteiger partial charge in [0, 0.05) is 22.7 Å². The highest BCUT2D eigenvalue weighted by atomic mass is 15.2. The Kier molecular flexibility index (Phi) is 3.50. The predicted octanol–water partition coefficient (Wildman–Crippen LogP) is 4.99. The second-order valence-electron chi connectivity index (χ2n) is 6.01. The lowest BCUT2D eigenvalue weighted by atomic mass is 10.0. The van der Waals surface area contributed by atoms with Crippen LogP contribution in [-0.4, -0.2) is 15.2 Å². The number of pyridine rings is 1. The van der Waals surface area contributed by atoms with Crippen LogP contribution in [0.5, 0.6) is 0 Å². The molecule has 0 aliphatic carbocycles. The topological polar surface area (TPSA) is 53.6 Å². The summed E-state index contributed by atoms with van der Waals surface area (Å²) in [6, 6.07) is 20.8. The van der Waals surface area contributed by atoms with E-state index < -0.39 is 0 Å². The fourth-order valence-corrected chi connectivity index (χ4v) is 2.89. The number of H-pyrrole nitrogens is 1. The van der Waals surface area contributed by atoms with Crippen molar-refractivity contribution in [1.29, 1.82) is 0 Å². The number of anilines is 2. The van der Waals surface area contributed by atoms with E-state index in [1.165, 1.54) is 5.56 Å². The van der Waals surface area contributed by atoms with E-state index in [1.54, 1.807) is 0 Å². The van der Waals surface area contributed by atoms with Crippen molar-refractivity contribution < 1.29 is 0 Å². The number of rotatable bonds is 3. The van der Waals surface area contributed by atoms with Gasteiger partial charge in [0.1, 0.15) is 5.82 Å². The molecule has 4 nitrogen and oxygen atoms in total. The SMILES string of the molecule is Cc1cccc(-c2nc(Nc3cc(C)[nH]n3)cc3ccccc23)c1. The smallest absolute Gasteiger partial charge is 0.153 e. The van der Waals surface area contributed by atoms with Gasteiger partial charge in [0.25, 0.3) is 0 Å². The van der Waals surface area contributed by atoms with Gasteiger partial charge in [-0.25, -0.2) is 4.98 Å². The molecule has 2 heterocycles. The molecule has 4 rings (SSSR count). The zero-order chi connectivity index (χ0) is 16.5. The maximum absolute atomic E-state index is 4.85. The number of fused-ring (bicyclic) bond motifs is 1. The fourth-order valence-electron chi connectivity index (χ4n) is 2.89. The first-order valence-electron chi connectivity index (χ1n) is 7.95. The quantitative estimate of drug-likeness (QED) is 0.560. The van der Waals surface area contributed by atoms with Crippen molar-refractivity contribution in [3.63, 3.8) is 0 Å². The minimum Gasteiger partial charge on any atom is -0.323 e. The van der Waals surface area contributed by atoms with E-state index in [0.29, 0.717) is 0 Å². The number of aryl methyl sites for hydroxylation is 2. The average molecular weight is 314 g/mol. The van der Waals surface area contributed by atoms with Crippen molar-refractivity contribution in [2.24, 2.45) is 0 Å². The number of hydrogen-bond donors (Lipinski definition) is 2. The van der Waals surface area contributed by atoms with E-state index in [1.807, 2.05) is 25.1 Å². The second-order valence-corrected chi connectivity index (χ2v) is 6.01. The molecule has 2 N–H and O–H groups in total. The molecule has 0 bridgehead atoms. The third kappa shape index (κ3) is 2.74. The molecular weight excluding hydrogens is 296 g/mol. The standard InChI is InChI=1S/C20H18N4/c1-13-6-5-8-16(10-13)20-17-9-4-3-7-15(17)12-18(22-20)21-19-11-14(2)23-24-19/h3-12H,1-2H3,(H2,21,22,23,24). The summed E-state index contributed by atoms with van der Waals surface area (Å²) in [5, 5.41) is 12.8. The van der Waals surface area contributed by atoms with Crippen LogP contribution in [0, 0.1) is 13.8 Å². The van der Waals surface area contributed by atoms with Gasteiger partial charge in [-0.2, -0.15) is 5.10 Å². The number of benzene rings is 2. The summed E-state index contributed by atoms with van der Waals surface area (Å²) in [5.41, 5.74) is 4.33. The van der Waals surface area contributed by atoms with Gasteiger partial charge < -0.3 is 5.32 Å². The Morgan fingerprint density at radius 1 is 0.875 bits per heavy atom. The van der Waals surface area contributed by atoms with Gasteiger partial charge in [0.15, 0.2) is 5.82 Å². The van der Waals surface area contributed by atoms with Crippen molar-refractivity contribution in [2.45, 2.75) is 13.8 Å². The molecule has 24 heavy (non-hydrogen) atoms. The molecule has 4 aromatic rings. The second kappa shape index (κ2) is 5.81. The van der Waals surface area contributed by atoms with Crippen molar-refractivity contribution in [2.75, 3.05) is 5.32 Å². The summed E-state index contributed by atoms with van der Waals surface area (Å²) >= 11 is 0. The van der Waals surface area contributed by atoms with Crippen LogP contribution >= 0.6 is 0 Å². The maximum atomic E-state index is 4.85. The Labute approximate surface area is 140 Å². The molecule has 0 unspecified atom stereocenters. The molecular formula is C20H18N4. The Balaban J connectivity index is 1.87. The first-order valence-corrected chi connectivity index (χ1v) is 7.95. The molecule has 2 aromatic carbocycles. The van der Waals surface area contributed by atoms with Crippen molar-refractivity contribution in [3.05, 3.63) is 71.9 Å². The zero-order valence-corrected chi connectivity index (χ0v) is 13.7. The van der Waals surface area contributed by atoms with Crippen LogP contribution in [0.2, 0.25) is 0 Å². The Morgan fingerprint density at radius 3 is 2.54 bits per heavy atom. The lowest BCUT2D eigenvalue weighted by Crippen LogP contribution is -1.97. The Hall–Kier alpha value is -3.14. The van der Waals surface area contributed by atoms with E-state index in [4.69, 9.17) is 4.98 Å². The molecule has 2 aromatic heterocycles. The third-order valence-corrected chi connectivity index (χ3v) is 3.99. The van der Waals surface area contributed by atoms with Crippen LogP contribution in [0.1, 0.15) is 11.3 Å². The molecule has 0 amide bonds. The van der Waals surface area contributed by atoms with E-state index in [9.17, 15) is 0 Å². The molecule has 0 aliphatic heterocycles. The van der Waals surface area contributed by atoms with E-state index in [-0.39, 0.29) is 0 Å². The van der Waals surface area contributed by atoms with E-state index in [2.05, 4.69) is 64.9 Å². The third-order valence-electron chi connectivity index (χ3n) is 3.99. The first kappa shape index (κ1) is 14.5. The number of nitrogens with zero attached hydrogens (tertiary/aromatic N) is 2. The van der Waals surface area contributed by atoms with Gasteiger partial charge in [-0.15, -0.1) is 0 Å². The lowest BCUT2D eigenvalue weighted by Gasteiger charge is -2.11. The normalized spacial score (nSPS) is 10.9. The summed E-state index contributed by atoms with van der Waals surface area (Å²) in [6.07, 6.45) is 0. The van der Waals surface area contributed by atoms with Crippen LogP contribution in [0.15, 0.2) is 60.7 Å². The molecule has 0 atom stereocenters. The number of aromatic amines is 1. The van der Waals surface area contributed by atoms with Crippen LogP contribution in [0.3, 0.4) is 0 Å². The summed E-state index contributed by atoms with van der Waals surface area (Å²) < 4.78 is 0. The summed E-state index contributed by atoms with van der Waals surface area (Å²) in [7, 11) is 0. The van der Waals surface area contributed by atoms with Crippen molar-refractivity contribution >= 4 is 22.4 Å². The van der Waals surface area contributed by atoms with E-state index >= 15 is 0 Å². The van der Waals surface area contributed by atoms with Gasteiger partial charge in [-0.1, -0.05) is 48.0 Å². The highest BCUT2D eigenvalue weighted by Gasteiger charge is 2.09. The van der Waals surface area contributed by atoms with Crippen LogP contribution in [0.25, 0.3) is 22.0 Å². The molecule has 0 saturated carbocycles. The van der Waals surface area contributed by atoms with Crippen LogP contribution in [0.4, 0.5) is 11.6 Å². The molecule has 0 radical (unpaired) electrons. The van der Waals surface area contributed by atoms with Gasteiger partial charge >= 0.3 is 0 Å². The predicted molar refractivity (Wildman–Crippen MR) is 98.5 cm³/mol. The highest BCUT2D eigenvalue weighted by molar-refractivity contribution is 5.96. The highest BCUT2D eigenvalue weighted by Crippen LogP contribution is 2.30.